The van der Waals surface area contributed by atoms with Gasteiger partial charge in [-0.25, -0.2) is 0 Å². The number of hydrogen-bond donors (Lipinski definition) is 0. The molecule has 7 heteroatoms. The molecule has 6 nitrogen and oxygen atoms in total. The molecule has 0 spiro atoms. The molecule has 1 aliphatic heterocycles. The topological polar surface area (TPSA) is 72.9 Å². The molecular weight excluding hydrogens is 318 g/mol. The van der Waals surface area contributed by atoms with E-state index in [4.69, 9.17) is 8.92 Å². The van der Waals surface area contributed by atoms with E-state index < -0.39 is 16.2 Å². The summed E-state index contributed by atoms with van der Waals surface area (Å²) in [7, 11) is -1.88. The molecular formula is C16H23NO5S. The molecule has 0 aliphatic carbocycles. The van der Waals surface area contributed by atoms with Crippen LogP contribution in [-0.4, -0.2) is 51.8 Å². The predicted octanol–water partition coefficient (Wildman–Crippen LogP) is 1.45. The predicted molar refractivity (Wildman–Crippen MR) is 86.8 cm³/mol. The van der Waals surface area contributed by atoms with Crippen molar-refractivity contribution in [1.82, 2.24) is 4.90 Å². The van der Waals surface area contributed by atoms with Crippen molar-refractivity contribution < 1.29 is 22.1 Å². The third-order valence-electron chi connectivity index (χ3n) is 4.06. The highest BCUT2D eigenvalue weighted by Crippen LogP contribution is 2.24. The van der Waals surface area contributed by atoms with E-state index in [-0.39, 0.29) is 11.8 Å². The van der Waals surface area contributed by atoms with E-state index in [1.807, 2.05) is 24.3 Å². The maximum absolute atomic E-state index is 12.1. The summed E-state index contributed by atoms with van der Waals surface area (Å²) in [6.07, 6.45) is 1.63. The Kier molecular flexibility index (Phi) is 5.64. The maximum atomic E-state index is 12.1. The minimum absolute atomic E-state index is 0.0486. The van der Waals surface area contributed by atoms with Gasteiger partial charge in [0.25, 0.3) is 10.1 Å². The Bertz CT molecular complexity index is 641. The summed E-state index contributed by atoms with van der Waals surface area (Å²) in [4.78, 5) is 13.9. The summed E-state index contributed by atoms with van der Waals surface area (Å²) in [5.41, 5.74) is 1.13. The van der Waals surface area contributed by atoms with Crippen LogP contribution in [0.25, 0.3) is 0 Å². The lowest BCUT2D eigenvalue weighted by molar-refractivity contribution is -0.127. The number of benzene rings is 1. The van der Waals surface area contributed by atoms with Crippen LogP contribution < -0.4 is 4.74 Å². The Hall–Kier alpha value is -1.60. The van der Waals surface area contributed by atoms with Crippen LogP contribution in [-0.2, 0) is 25.5 Å². The van der Waals surface area contributed by atoms with Crippen molar-refractivity contribution in [1.29, 1.82) is 0 Å². The quantitative estimate of drug-likeness (QED) is 0.702. The Balaban J connectivity index is 1.87. The Morgan fingerprint density at radius 1 is 1.30 bits per heavy atom. The van der Waals surface area contributed by atoms with Crippen molar-refractivity contribution in [3.05, 3.63) is 29.8 Å². The molecule has 1 aliphatic rings. The van der Waals surface area contributed by atoms with Gasteiger partial charge in [0, 0.05) is 25.4 Å². The summed E-state index contributed by atoms with van der Waals surface area (Å²) in [6, 6.07) is 7.75. The molecule has 1 aromatic rings. The molecule has 2 rings (SSSR count). The lowest BCUT2D eigenvalue weighted by atomic mass is 10.0. The number of amides is 1. The molecule has 1 unspecified atom stereocenters. The maximum Gasteiger partial charge on any atom is 0.264 e. The summed E-state index contributed by atoms with van der Waals surface area (Å²) in [5.74, 6) is 0.762. The van der Waals surface area contributed by atoms with Crippen molar-refractivity contribution in [3.8, 4) is 5.75 Å². The highest BCUT2D eigenvalue weighted by Gasteiger charge is 2.34. The molecule has 0 saturated carbocycles. The Morgan fingerprint density at radius 3 is 2.52 bits per heavy atom. The lowest BCUT2D eigenvalue weighted by Crippen LogP contribution is -2.30. The van der Waals surface area contributed by atoms with Gasteiger partial charge in [-0.1, -0.05) is 12.1 Å². The van der Waals surface area contributed by atoms with Gasteiger partial charge in [0.15, 0.2) is 0 Å². The first kappa shape index (κ1) is 17.7. The number of hydrogen-bond acceptors (Lipinski definition) is 5. The van der Waals surface area contributed by atoms with E-state index in [2.05, 4.69) is 0 Å². The smallest absolute Gasteiger partial charge is 0.264 e. The van der Waals surface area contributed by atoms with Crippen LogP contribution in [0.1, 0.15) is 18.9 Å². The highest BCUT2D eigenvalue weighted by molar-refractivity contribution is 7.86. The van der Waals surface area contributed by atoms with Crippen LogP contribution in [0.5, 0.6) is 5.75 Å². The van der Waals surface area contributed by atoms with E-state index in [0.29, 0.717) is 19.5 Å². The molecule has 0 bridgehead atoms. The minimum Gasteiger partial charge on any atom is -0.497 e. The fourth-order valence-corrected chi connectivity index (χ4v) is 3.45. The second-order valence-electron chi connectivity index (χ2n) is 5.91. The third-order valence-corrected chi connectivity index (χ3v) is 4.72. The zero-order valence-corrected chi connectivity index (χ0v) is 14.5. The van der Waals surface area contributed by atoms with Crippen molar-refractivity contribution in [3.63, 3.8) is 0 Å². The van der Waals surface area contributed by atoms with Crippen molar-refractivity contribution in [2.75, 3.05) is 26.5 Å². The molecule has 23 heavy (non-hydrogen) atoms. The van der Waals surface area contributed by atoms with Crippen molar-refractivity contribution >= 4 is 16.0 Å². The number of ether oxygens (including phenoxy) is 1. The molecule has 1 fully saturated rings. The van der Waals surface area contributed by atoms with Gasteiger partial charge in [0.1, 0.15) is 5.75 Å². The summed E-state index contributed by atoms with van der Waals surface area (Å²) in [5, 5.41) is 0. The van der Waals surface area contributed by atoms with Crippen LogP contribution in [0.3, 0.4) is 0 Å². The van der Waals surface area contributed by atoms with Crippen LogP contribution in [0.15, 0.2) is 24.3 Å². The summed E-state index contributed by atoms with van der Waals surface area (Å²) in [6.45, 7) is 2.85. The van der Waals surface area contributed by atoms with Crippen LogP contribution in [0.4, 0.5) is 0 Å². The molecule has 1 amide bonds. The fourth-order valence-electron chi connectivity index (χ4n) is 2.74. The van der Waals surface area contributed by atoms with Gasteiger partial charge in [-0.3, -0.25) is 8.98 Å². The molecule has 1 saturated heterocycles. The molecule has 1 heterocycles. The number of nitrogens with zero attached hydrogens (tertiary/aromatic N) is 1. The average molecular weight is 341 g/mol. The van der Waals surface area contributed by atoms with E-state index in [9.17, 15) is 13.2 Å². The summed E-state index contributed by atoms with van der Waals surface area (Å²) < 4.78 is 32.5. The van der Waals surface area contributed by atoms with Crippen LogP contribution in [0, 0.1) is 5.92 Å². The highest BCUT2D eigenvalue weighted by atomic mass is 32.2. The Morgan fingerprint density at radius 2 is 1.96 bits per heavy atom. The fraction of sp³-hybridized carbons (Fsp3) is 0.562. The first-order valence-corrected chi connectivity index (χ1v) is 9.39. The van der Waals surface area contributed by atoms with E-state index in [1.165, 1.54) is 0 Å². The van der Waals surface area contributed by atoms with E-state index in [1.54, 1.807) is 18.9 Å². The molecule has 0 aromatic heterocycles. The second-order valence-corrected chi connectivity index (χ2v) is 7.51. The minimum atomic E-state index is -3.50. The van der Waals surface area contributed by atoms with Crippen LogP contribution >= 0.6 is 0 Å². The molecule has 1 aromatic carbocycles. The summed E-state index contributed by atoms with van der Waals surface area (Å²) >= 11 is 0. The SMILES string of the molecule is COc1ccc(CCN2CC([C@H](C)OS(C)(=O)=O)CC2=O)cc1. The normalized spacial score (nSPS) is 19.9. The molecule has 128 valence electrons. The monoisotopic (exact) mass is 341 g/mol. The van der Waals surface area contributed by atoms with Crippen LogP contribution in [0.2, 0.25) is 0 Å². The first-order chi connectivity index (χ1) is 10.8. The number of carbonyl (C=O) groups excluding carboxylic acids is 1. The van der Waals surface area contributed by atoms with Gasteiger partial charge < -0.3 is 9.64 Å². The van der Waals surface area contributed by atoms with Gasteiger partial charge in [0.05, 0.1) is 19.5 Å². The van der Waals surface area contributed by atoms with Gasteiger partial charge in [-0.15, -0.1) is 0 Å². The van der Waals surface area contributed by atoms with E-state index >= 15 is 0 Å². The van der Waals surface area contributed by atoms with Gasteiger partial charge in [0.2, 0.25) is 5.91 Å². The standard InChI is InChI=1S/C16H23NO5S/c1-12(22-23(3,19)20)14-10-16(18)17(11-14)9-8-13-4-6-15(21-2)7-5-13/h4-7,12,14H,8-11H2,1-3H3/t12-,14?/m0/s1. The lowest BCUT2D eigenvalue weighted by Gasteiger charge is -2.19. The number of likely N-dealkylation sites (tertiary alicyclic amines) is 1. The van der Waals surface area contributed by atoms with Gasteiger partial charge >= 0.3 is 0 Å². The van der Waals surface area contributed by atoms with Gasteiger partial charge in [-0.05, 0) is 31.0 Å². The molecule has 2 atom stereocenters. The number of carbonyl (C=O) groups is 1. The second kappa shape index (κ2) is 7.31. The zero-order chi connectivity index (χ0) is 17.0. The first-order valence-electron chi connectivity index (χ1n) is 7.57. The van der Waals surface area contributed by atoms with Gasteiger partial charge in [-0.2, -0.15) is 8.42 Å². The third kappa shape index (κ3) is 5.21. The van der Waals surface area contributed by atoms with Crippen molar-refractivity contribution in [2.24, 2.45) is 5.92 Å². The zero-order valence-electron chi connectivity index (χ0n) is 13.7. The van der Waals surface area contributed by atoms with Crippen molar-refractivity contribution in [2.45, 2.75) is 25.9 Å². The molecule has 0 N–H and O–H groups in total. The van der Waals surface area contributed by atoms with E-state index in [0.717, 1.165) is 24.0 Å². The average Bonchev–Trinajstić information content (AvgIpc) is 2.85. The number of methoxy groups -OCH3 is 1. The number of rotatable bonds is 7. The molecule has 0 radical (unpaired) electrons. The Labute approximate surface area is 137 Å². The largest absolute Gasteiger partial charge is 0.497 e.